The molecule has 0 saturated heterocycles. The van der Waals surface area contributed by atoms with Crippen LogP contribution in [0.25, 0.3) is 10.3 Å². The van der Waals surface area contributed by atoms with E-state index in [0.717, 1.165) is 20.9 Å². The fourth-order valence-corrected chi connectivity index (χ4v) is 2.20. The second-order valence-corrected chi connectivity index (χ2v) is 4.35. The van der Waals surface area contributed by atoms with Gasteiger partial charge < -0.3 is 4.74 Å². The third-order valence-electron chi connectivity index (χ3n) is 2.23. The topological polar surface area (TPSA) is 35.0 Å². The number of ether oxygens (including phenoxy) is 1. The fourth-order valence-electron chi connectivity index (χ4n) is 1.41. The van der Waals surface area contributed by atoms with E-state index in [1.165, 1.54) is 0 Å². The van der Waals surface area contributed by atoms with Crippen LogP contribution in [0.15, 0.2) is 12.3 Å². The Kier molecular flexibility index (Phi) is 2.48. The van der Waals surface area contributed by atoms with Crippen molar-refractivity contribution < 1.29 is 4.74 Å². The molecule has 0 aliphatic heterocycles. The van der Waals surface area contributed by atoms with E-state index >= 15 is 0 Å². The van der Waals surface area contributed by atoms with Crippen LogP contribution in [0.5, 0.6) is 0 Å². The van der Waals surface area contributed by atoms with Gasteiger partial charge in [-0.1, -0.05) is 11.3 Å². The second-order valence-electron chi connectivity index (χ2n) is 3.16. The predicted molar refractivity (Wildman–Crippen MR) is 57.6 cm³/mol. The first-order chi connectivity index (χ1) is 6.72. The Morgan fingerprint density at radius 3 is 3.00 bits per heavy atom. The van der Waals surface area contributed by atoms with Crippen LogP contribution in [0, 0.1) is 6.92 Å². The van der Waals surface area contributed by atoms with Crippen LogP contribution in [-0.2, 0) is 4.74 Å². The summed E-state index contributed by atoms with van der Waals surface area (Å²) in [4.78, 5) is 9.73. The summed E-state index contributed by atoms with van der Waals surface area (Å²) in [7, 11) is 1.70. The largest absolute Gasteiger partial charge is 0.377 e. The van der Waals surface area contributed by atoms with Gasteiger partial charge in [-0.25, -0.2) is 9.97 Å². The van der Waals surface area contributed by atoms with Gasteiger partial charge >= 0.3 is 0 Å². The number of hydrogen-bond acceptors (Lipinski definition) is 4. The lowest BCUT2D eigenvalue weighted by Crippen LogP contribution is -1.97. The summed E-state index contributed by atoms with van der Waals surface area (Å²) in [6.45, 7) is 4.01. The second kappa shape index (κ2) is 3.63. The maximum Gasteiger partial charge on any atom is 0.143 e. The first-order valence-corrected chi connectivity index (χ1v) is 5.29. The summed E-state index contributed by atoms with van der Waals surface area (Å²) in [6.07, 6.45) is 1.88. The van der Waals surface area contributed by atoms with E-state index in [0.29, 0.717) is 0 Å². The molecule has 0 spiro atoms. The molecule has 1 unspecified atom stereocenters. The maximum atomic E-state index is 5.29. The van der Waals surface area contributed by atoms with Gasteiger partial charge in [0.25, 0.3) is 0 Å². The van der Waals surface area contributed by atoms with Gasteiger partial charge in [0.2, 0.25) is 0 Å². The van der Waals surface area contributed by atoms with E-state index in [1.54, 1.807) is 18.4 Å². The van der Waals surface area contributed by atoms with E-state index < -0.39 is 0 Å². The highest BCUT2D eigenvalue weighted by molar-refractivity contribution is 7.18. The molecule has 0 fully saturated rings. The highest BCUT2D eigenvalue weighted by atomic mass is 32.1. The zero-order chi connectivity index (χ0) is 10.1. The van der Waals surface area contributed by atoms with E-state index in [1.807, 2.05) is 26.1 Å². The number of methoxy groups -OCH3 is 1. The first kappa shape index (κ1) is 9.55. The lowest BCUT2D eigenvalue weighted by molar-refractivity contribution is 0.120. The van der Waals surface area contributed by atoms with Crippen LogP contribution in [0.3, 0.4) is 0 Å². The zero-order valence-electron chi connectivity index (χ0n) is 8.44. The quantitative estimate of drug-likeness (QED) is 0.761. The van der Waals surface area contributed by atoms with Crippen molar-refractivity contribution >= 4 is 21.7 Å². The Hall–Kier alpha value is -1.00. The molecule has 0 aliphatic rings. The van der Waals surface area contributed by atoms with Crippen molar-refractivity contribution in [1.82, 2.24) is 9.97 Å². The van der Waals surface area contributed by atoms with Crippen LogP contribution in [0.2, 0.25) is 0 Å². The Balaban J connectivity index is 2.64. The lowest BCUT2D eigenvalue weighted by Gasteiger charge is -2.09. The summed E-state index contributed by atoms with van der Waals surface area (Å²) in [5, 5.41) is 1.04. The molecule has 0 saturated carbocycles. The smallest absolute Gasteiger partial charge is 0.143 e. The van der Waals surface area contributed by atoms with E-state index in [2.05, 4.69) is 9.97 Å². The van der Waals surface area contributed by atoms with Crippen molar-refractivity contribution in [3.05, 3.63) is 22.8 Å². The van der Waals surface area contributed by atoms with Gasteiger partial charge in [0.15, 0.2) is 0 Å². The van der Waals surface area contributed by atoms with Crippen LogP contribution in [-0.4, -0.2) is 17.1 Å². The molecule has 0 N–H and O–H groups in total. The minimum absolute atomic E-state index is 0.0713. The maximum absolute atomic E-state index is 5.29. The molecule has 14 heavy (non-hydrogen) atoms. The average Bonchev–Trinajstić information content (AvgIpc) is 2.56. The first-order valence-electron chi connectivity index (χ1n) is 4.47. The van der Waals surface area contributed by atoms with E-state index in [9.17, 15) is 0 Å². The summed E-state index contributed by atoms with van der Waals surface area (Å²) in [5.41, 5.74) is 2.09. The Morgan fingerprint density at radius 1 is 1.50 bits per heavy atom. The third kappa shape index (κ3) is 1.51. The van der Waals surface area contributed by atoms with Gasteiger partial charge in [-0.2, -0.15) is 0 Å². The molecule has 0 aliphatic carbocycles. The van der Waals surface area contributed by atoms with E-state index in [4.69, 9.17) is 4.74 Å². The normalized spacial score (nSPS) is 13.4. The Bertz CT molecular complexity index is 452. The van der Waals surface area contributed by atoms with Crippen LogP contribution in [0.4, 0.5) is 0 Å². The third-order valence-corrected chi connectivity index (χ3v) is 3.11. The Morgan fingerprint density at radius 2 is 2.29 bits per heavy atom. The van der Waals surface area contributed by atoms with Crippen molar-refractivity contribution in [3.63, 3.8) is 0 Å². The van der Waals surface area contributed by atoms with Crippen molar-refractivity contribution in [1.29, 1.82) is 0 Å². The molecule has 2 heterocycles. The zero-order valence-corrected chi connectivity index (χ0v) is 9.26. The Labute approximate surface area is 86.8 Å². The minimum Gasteiger partial charge on any atom is -0.377 e. The van der Waals surface area contributed by atoms with E-state index in [-0.39, 0.29) is 6.10 Å². The monoisotopic (exact) mass is 208 g/mol. The SMILES string of the molecule is COC(C)c1ccnc2sc(C)nc12. The van der Waals surface area contributed by atoms with Crippen molar-refractivity contribution in [2.45, 2.75) is 20.0 Å². The molecule has 0 bridgehead atoms. The van der Waals surface area contributed by atoms with Crippen molar-refractivity contribution in [3.8, 4) is 0 Å². The fraction of sp³-hybridized carbons (Fsp3) is 0.400. The molecule has 0 amide bonds. The highest BCUT2D eigenvalue weighted by Gasteiger charge is 2.11. The number of pyridine rings is 1. The number of fused-ring (bicyclic) bond motifs is 1. The van der Waals surface area contributed by atoms with Gasteiger partial charge in [0.05, 0.1) is 11.1 Å². The number of aromatic nitrogens is 2. The number of rotatable bonds is 2. The number of aryl methyl sites for hydroxylation is 1. The summed E-state index contributed by atoms with van der Waals surface area (Å²) < 4.78 is 5.29. The molecule has 2 aromatic heterocycles. The average molecular weight is 208 g/mol. The molecule has 3 nitrogen and oxygen atoms in total. The highest BCUT2D eigenvalue weighted by Crippen LogP contribution is 2.27. The van der Waals surface area contributed by atoms with Gasteiger partial charge in [-0.3, -0.25) is 0 Å². The van der Waals surface area contributed by atoms with Crippen LogP contribution < -0.4 is 0 Å². The van der Waals surface area contributed by atoms with Crippen molar-refractivity contribution in [2.75, 3.05) is 7.11 Å². The summed E-state index contributed by atoms with van der Waals surface area (Å²) in [6, 6.07) is 1.97. The van der Waals surface area contributed by atoms with Gasteiger partial charge in [-0.05, 0) is 19.9 Å². The predicted octanol–water partition coefficient (Wildman–Crippen LogP) is 2.71. The van der Waals surface area contributed by atoms with Gasteiger partial charge in [0, 0.05) is 18.9 Å². The number of hydrogen-bond donors (Lipinski definition) is 0. The summed E-state index contributed by atoms with van der Waals surface area (Å²) in [5.74, 6) is 0. The van der Waals surface area contributed by atoms with Gasteiger partial charge in [0.1, 0.15) is 10.3 Å². The molecular weight excluding hydrogens is 196 g/mol. The molecular formula is C10H12N2OS. The summed E-state index contributed by atoms with van der Waals surface area (Å²) >= 11 is 1.62. The molecule has 0 aromatic carbocycles. The molecule has 2 rings (SSSR count). The van der Waals surface area contributed by atoms with Gasteiger partial charge in [-0.15, -0.1) is 0 Å². The molecule has 2 aromatic rings. The number of nitrogens with zero attached hydrogens (tertiary/aromatic N) is 2. The molecule has 4 heteroatoms. The van der Waals surface area contributed by atoms with Crippen LogP contribution in [0.1, 0.15) is 23.6 Å². The molecule has 0 radical (unpaired) electrons. The molecule has 1 atom stereocenters. The number of thiazole rings is 1. The molecule has 74 valence electrons. The minimum atomic E-state index is 0.0713. The standard InChI is InChI=1S/C10H12N2OS/c1-6(13-3)8-4-5-11-10-9(8)12-7(2)14-10/h4-6H,1-3H3. The van der Waals surface area contributed by atoms with Crippen LogP contribution >= 0.6 is 11.3 Å². The van der Waals surface area contributed by atoms with Crippen molar-refractivity contribution in [2.24, 2.45) is 0 Å². The lowest BCUT2D eigenvalue weighted by atomic mass is 10.1.